The van der Waals surface area contributed by atoms with E-state index in [1.54, 1.807) is 0 Å². The van der Waals surface area contributed by atoms with Gasteiger partial charge in [-0.15, -0.1) is 0 Å². The maximum atomic E-state index is 13.5. The van der Waals surface area contributed by atoms with E-state index >= 15 is 0 Å². The fourth-order valence-corrected chi connectivity index (χ4v) is 3.18. The number of rotatable bonds is 4. The van der Waals surface area contributed by atoms with Gasteiger partial charge in [0.1, 0.15) is 5.69 Å². The number of benzene rings is 1. The molecule has 3 nitrogen and oxygen atoms in total. The lowest BCUT2D eigenvalue weighted by atomic mass is 9.94. The Labute approximate surface area is 120 Å². The van der Waals surface area contributed by atoms with E-state index in [-0.39, 0.29) is 15.6 Å². The zero-order valence-corrected chi connectivity index (χ0v) is 13.3. The lowest BCUT2D eigenvalue weighted by Crippen LogP contribution is -2.22. The van der Waals surface area contributed by atoms with Crippen LogP contribution in [0.15, 0.2) is 16.6 Å². The second kappa shape index (κ2) is 5.75. The molecule has 0 heterocycles. The first kappa shape index (κ1) is 16.4. The molecular formula is C12H16BrF2NO2S. The SMILES string of the molecule is CC(C)(C)CCS(=O)(=O)Nc1c(F)cc(Br)cc1F. The first-order valence-corrected chi connectivity index (χ1v) is 8.10. The quantitative estimate of drug-likeness (QED) is 0.889. The van der Waals surface area contributed by atoms with Gasteiger partial charge < -0.3 is 0 Å². The van der Waals surface area contributed by atoms with Crippen molar-refractivity contribution in [2.45, 2.75) is 27.2 Å². The Morgan fingerprint density at radius 2 is 1.68 bits per heavy atom. The maximum Gasteiger partial charge on any atom is 0.232 e. The molecule has 0 radical (unpaired) electrons. The average Bonchev–Trinajstić information content (AvgIpc) is 2.20. The van der Waals surface area contributed by atoms with Crippen molar-refractivity contribution in [2.75, 3.05) is 10.5 Å². The molecule has 1 N–H and O–H groups in total. The summed E-state index contributed by atoms with van der Waals surface area (Å²) in [4.78, 5) is 0. The third-order valence-corrected chi connectivity index (χ3v) is 4.10. The second-order valence-corrected chi connectivity index (χ2v) is 8.23. The van der Waals surface area contributed by atoms with Crippen LogP contribution in [0.25, 0.3) is 0 Å². The number of hydrogen-bond acceptors (Lipinski definition) is 2. The van der Waals surface area contributed by atoms with E-state index in [2.05, 4.69) is 15.9 Å². The standard InChI is InChI=1S/C12H16BrF2NO2S/c1-12(2,3)4-5-19(17,18)16-11-9(14)6-8(13)7-10(11)15/h6-7,16H,4-5H2,1-3H3. The summed E-state index contributed by atoms with van der Waals surface area (Å²) in [5.74, 6) is -2.09. The number of hydrogen-bond donors (Lipinski definition) is 1. The summed E-state index contributed by atoms with van der Waals surface area (Å²) in [5.41, 5.74) is -0.817. The van der Waals surface area contributed by atoms with Crippen molar-refractivity contribution < 1.29 is 17.2 Å². The van der Waals surface area contributed by atoms with Gasteiger partial charge in [-0.25, -0.2) is 17.2 Å². The molecule has 19 heavy (non-hydrogen) atoms. The summed E-state index contributed by atoms with van der Waals surface area (Å²) >= 11 is 2.93. The zero-order chi connectivity index (χ0) is 14.8. The average molecular weight is 356 g/mol. The molecule has 0 atom stereocenters. The topological polar surface area (TPSA) is 46.2 Å². The molecule has 0 fully saturated rings. The van der Waals surface area contributed by atoms with Gasteiger partial charge in [0.15, 0.2) is 11.6 Å². The Hall–Kier alpha value is -0.690. The van der Waals surface area contributed by atoms with Crippen molar-refractivity contribution >= 4 is 31.6 Å². The van der Waals surface area contributed by atoms with E-state index < -0.39 is 27.3 Å². The third kappa shape index (κ3) is 5.44. The van der Waals surface area contributed by atoms with Gasteiger partial charge in [0.05, 0.1) is 5.75 Å². The molecule has 0 saturated heterocycles. The van der Waals surface area contributed by atoms with Gasteiger partial charge in [0, 0.05) is 4.47 Å². The van der Waals surface area contributed by atoms with Crippen LogP contribution in [0.1, 0.15) is 27.2 Å². The van der Waals surface area contributed by atoms with Gasteiger partial charge in [-0.3, -0.25) is 4.72 Å². The molecule has 1 aromatic carbocycles. The molecule has 1 rings (SSSR count). The van der Waals surface area contributed by atoms with E-state index in [9.17, 15) is 17.2 Å². The maximum absolute atomic E-state index is 13.5. The Kier molecular flexibility index (Phi) is 4.95. The highest BCUT2D eigenvalue weighted by Crippen LogP contribution is 2.26. The molecule has 1 aromatic rings. The Morgan fingerprint density at radius 3 is 2.11 bits per heavy atom. The van der Waals surface area contributed by atoms with Gasteiger partial charge in [-0.05, 0) is 24.0 Å². The molecule has 0 amide bonds. The minimum absolute atomic E-state index is 0.175. The highest BCUT2D eigenvalue weighted by Gasteiger charge is 2.20. The van der Waals surface area contributed by atoms with E-state index in [4.69, 9.17) is 0 Å². The monoisotopic (exact) mass is 355 g/mol. The molecular weight excluding hydrogens is 340 g/mol. The lowest BCUT2D eigenvalue weighted by molar-refractivity contribution is 0.397. The van der Waals surface area contributed by atoms with Gasteiger partial charge in [-0.1, -0.05) is 36.7 Å². The molecule has 0 spiro atoms. The van der Waals surface area contributed by atoms with Crippen LogP contribution in [0, 0.1) is 17.0 Å². The first-order valence-electron chi connectivity index (χ1n) is 5.65. The molecule has 0 aliphatic heterocycles. The fraction of sp³-hybridized carbons (Fsp3) is 0.500. The Morgan fingerprint density at radius 1 is 1.21 bits per heavy atom. The summed E-state index contributed by atoms with van der Waals surface area (Å²) < 4.78 is 52.8. The van der Waals surface area contributed by atoms with E-state index in [1.165, 1.54) is 0 Å². The summed E-state index contributed by atoms with van der Waals surface area (Å²) in [7, 11) is -3.77. The Bertz CT molecular complexity index is 545. The molecule has 0 aromatic heterocycles. The molecule has 0 aliphatic rings. The largest absolute Gasteiger partial charge is 0.278 e. The van der Waals surface area contributed by atoms with Crippen molar-refractivity contribution in [2.24, 2.45) is 5.41 Å². The molecule has 0 aliphatic carbocycles. The number of anilines is 1. The molecule has 0 unspecified atom stereocenters. The van der Waals surface area contributed by atoms with E-state index in [0.717, 1.165) is 12.1 Å². The van der Waals surface area contributed by atoms with Crippen molar-refractivity contribution in [1.82, 2.24) is 0 Å². The highest BCUT2D eigenvalue weighted by molar-refractivity contribution is 9.10. The minimum atomic E-state index is -3.77. The zero-order valence-electron chi connectivity index (χ0n) is 10.9. The summed E-state index contributed by atoms with van der Waals surface area (Å²) in [6, 6.07) is 2.01. The van der Waals surface area contributed by atoms with Crippen molar-refractivity contribution in [3.8, 4) is 0 Å². The molecule has 108 valence electrons. The lowest BCUT2D eigenvalue weighted by Gasteiger charge is -2.18. The van der Waals surface area contributed by atoms with Gasteiger partial charge in [0.2, 0.25) is 10.0 Å². The Balaban J connectivity index is 2.90. The number of nitrogens with one attached hydrogen (secondary N) is 1. The predicted octanol–water partition coefficient (Wildman–Crippen LogP) is 3.91. The van der Waals surface area contributed by atoms with Crippen molar-refractivity contribution in [1.29, 1.82) is 0 Å². The van der Waals surface area contributed by atoms with E-state index in [0.29, 0.717) is 6.42 Å². The fourth-order valence-electron chi connectivity index (χ4n) is 1.29. The van der Waals surface area contributed by atoms with Gasteiger partial charge in [-0.2, -0.15) is 0 Å². The first-order chi connectivity index (χ1) is 8.50. The highest BCUT2D eigenvalue weighted by atomic mass is 79.9. The second-order valence-electron chi connectivity index (χ2n) is 5.48. The van der Waals surface area contributed by atoms with Crippen LogP contribution < -0.4 is 4.72 Å². The van der Waals surface area contributed by atoms with Crippen LogP contribution in [0.2, 0.25) is 0 Å². The van der Waals surface area contributed by atoms with E-state index in [1.807, 2.05) is 25.5 Å². The molecule has 0 saturated carbocycles. The smallest absolute Gasteiger partial charge is 0.232 e. The minimum Gasteiger partial charge on any atom is -0.278 e. The van der Waals surface area contributed by atoms with Crippen LogP contribution >= 0.6 is 15.9 Å². The van der Waals surface area contributed by atoms with Gasteiger partial charge >= 0.3 is 0 Å². The number of halogens is 3. The predicted molar refractivity (Wildman–Crippen MR) is 75.5 cm³/mol. The number of sulfonamides is 1. The summed E-state index contributed by atoms with van der Waals surface area (Å²) in [5, 5.41) is 0. The van der Waals surface area contributed by atoms with Crippen LogP contribution in [0.3, 0.4) is 0 Å². The van der Waals surface area contributed by atoms with Crippen LogP contribution in [-0.4, -0.2) is 14.2 Å². The molecule has 7 heteroatoms. The summed E-state index contributed by atoms with van der Waals surface area (Å²) in [6.07, 6.45) is 0.391. The van der Waals surface area contributed by atoms with Gasteiger partial charge in [0.25, 0.3) is 0 Å². The van der Waals surface area contributed by atoms with Crippen molar-refractivity contribution in [3.05, 3.63) is 28.2 Å². The third-order valence-electron chi connectivity index (χ3n) is 2.39. The summed E-state index contributed by atoms with van der Waals surface area (Å²) in [6.45, 7) is 5.68. The van der Waals surface area contributed by atoms with Crippen molar-refractivity contribution in [3.63, 3.8) is 0 Å². The van der Waals surface area contributed by atoms with Crippen LogP contribution in [0.4, 0.5) is 14.5 Å². The molecule has 0 bridgehead atoms. The normalized spacial score (nSPS) is 12.5. The van der Waals surface area contributed by atoms with Crippen LogP contribution in [-0.2, 0) is 10.0 Å². The van der Waals surface area contributed by atoms with Crippen LogP contribution in [0.5, 0.6) is 0 Å².